The van der Waals surface area contributed by atoms with Crippen LogP contribution in [-0.2, 0) is 16.0 Å². The van der Waals surface area contributed by atoms with Crippen LogP contribution < -0.4 is 10.6 Å². The summed E-state index contributed by atoms with van der Waals surface area (Å²) < 4.78 is 5.39. The minimum Gasteiger partial charge on any atom is -0.381 e. The third kappa shape index (κ3) is 6.54. The topological polar surface area (TPSA) is 78.9 Å². The molecule has 0 radical (unpaired) electrons. The van der Waals surface area contributed by atoms with Crippen LogP contribution in [0.4, 0.5) is 0 Å². The average Bonchev–Trinajstić information content (AvgIpc) is 3.10. The number of ether oxygens (including phenoxy) is 1. The molecule has 7 nitrogen and oxygen atoms in total. The second-order valence-corrected chi connectivity index (χ2v) is 6.06. The van der Waals surface area contributed by atoms with E-state index in [1.807, 2.05) is 18.2 Å². The molecule has 2 heterocycles. The average molecular weight is 333 g/mol. The molecule has 0 spiro atoms. The molecule has 1 amide bonds. The van der Waals surface area contributed by atoms with Crippen LogP contribution in [-0.4, -0.2) is 68.7 Å². The van der Waals surface area contributed by atoms with Gasteiger partial charge >= 0.3 is 0 Å². The van der Waals surface area contributed by atoms with E-state index < -0.39 is 0 Å². The molecule has 1 aliphatic rings. The molecule has 7 heteroatoms. The van der Waals surface area contributed by atoms with Gasteiger partial charge in [-0.1, -0.05) is 6.07 Å². The number of nitrogens with zero attached hydrogens (tertiary/aromatic N) is 3. The number of hydrogen-bond donors (Lipinski definition) is 2. The Morgan fingerprint density at radius 3 is 2.96 bits per heavy atom. The SMILES string of the molecule is CN(C)C(=O)CN=C(NCCc1ccccn1)NCC1CCOC1. The molecule has 0 saturated carbocycles. The maximum absolute atomic E-state index is 11.7. The van der Waals surface area contributed by atoms with Crippen molar-refractivity contribution in [3.05, 3.63) is 30.1 Å². The van der Waals surface area contributed by atoms with Crippen molar-refractivity contribution in [3.8, 4) is 0 Å². The van der Waals surface area contributed by atoms with Gasteiger partial charge in [-0.05, 0) is 18.6 Å². The molecule has 24 heavy (non-hydrogen) atoms. The molecule has 1 aromatic heterocycles. The Morgan fingerprint density at radius 2 is 2.29 bits per heavy atom. The quantitative estimate of drug-likeness (QED) is 0.554. The second kappa shape index (κ2) is 9.87. The minimum atomic E-state index is -0.0231. The highest BCUT2D eigenvalue weighted by Crippen LogP contribution is 2.10. The first kappa shape index (κ1) is 18.2. The molecule has 1 saturated heterocycles. The van der Waals surface area contributed by atoms with Crippen molar-refractivity contribution in [2.24, 2.45) is 10.9 Å². The van der Waals surface area contributed by atoms with Crippen molar-refractivity contribution in [2.75, 3.05) is 46.9 Å². The predicted molar refractivity (Wildman–Crippen MR) is 93.9 cm³/mol. The molecule has 1 atom stereocenters. The lowest BCUT2D eigenvalue weighted by Gasteiger charge is -2.15. The molecule has 132 valence electrons. The van der Waals surface area contributed by atoms with Crippen molar-refractivity contribution in [3.63, 3.8) is 0 Å². The number of guanidine groups is 1. The van der Waals surface area contributed by atoms with Gasteiger partial charge in [0.05, 0.1) is 6.61 Å². The summed E-state index contributed by atoms with van der Waals surface area (Å²) in [7, 11) is 3.46. The van der Waals surface area contributed by atoms with E-state index in [1.54, 1.807) is 25.2 Å². The summed E-state index contributed by atoms with van der Waals surface area (Å²) in [4.78, 5) is 22.0. The fraction of sp³-hybridized carbons (Fsp3) is 0.588. The highest BCUT2D eigenvalue weighted by atomic mass is 16.5. The maximum atomic E-state index is 11.7. The molecule has 1 unspecified atom stereocenters. The zero-order valence-corrected chi connectivity index (χ0v) is 14.5. The van der Waals surface area contributed by atoms with E-state index in [0.29, 0.717) is 18.4 Å². The Balaban J connectivity index is 1.83. The summed E-state index contributed by atoms with van der Waals surface area (Å²) in [5, 5.41) is 6.58. The van der Waals surface area contributed by atoms with E-state index in [0.717, 1.165) is 38.3 Å². The summed E-state index contributed by atoms with van der Waals surface area (Å²) in [6, 6.07) is 5.88. The Hall–Kier alpha value is -2.15. The number of aliphatic imine (C=N–C) groups is 1. The van der Waals surface area contributed by atoms with Crippen LogP contribution in [0, 0.1) is 5.92 Å². The van der Waals surface area contributed by atoms with Gasteiger partial charge in [0.15, 0.2) is 5.96 Å². The molecule has 2 rings (SSSR count). The van der Waals surface area contributed by atoms with E-state index in [-0.39, 0.29) is 12.5 Å². The largest absolute Gasteiger partial charge is 0.381 e. The fourth-order valence-corrected chi connectivity index (χ4v) is 2.30. The summed E-state index contributed by atoms with van der Waals surface area (Å²) in [6.07, 6.45) is 3.65. The van der Waals surface area contributed by atoms with E-state index >= 15 is 0 Å². The molecule has 0 bridgehead atoms. The van der Waals surface area contributed by atoms with Gasteiger partial charge in [-0.3, -0.25) is 9.78 Å². The van der Waals surface area contributed by atoms with Crippen molar-refractivity contribution < 1.29 is 9.53 Å². The van der Waals surface area contributed by atoms with Crippen molar-refractivity contribution in [1.82, 2.24) is 20.5 Å². The maximum Gasteiger partial charge on any atom is 0.243 e. The summed E-state index contributed by atoms with van der Waals surface area (Å²) in [5.41, 5.74) is 1.03. The number of rotatable bonds is 7. The second-order valence-electron chi connectivity index (χ2n) is 6.06. The van der Waals surface area contributed by atoms with Crippen LogP contribution >= 0.6 is 0 Å². The van der Waals surface area contributed by atoms with Gasteiger partial charge in [0.25, 0.3) is 0 Å². The number of pyridine rings is 1. The van der Waals surface area contributed by atoms with Gasteiger partial charge in [-0.15, -0.1) is 0 Å². The first-order valence-corrected chi connectivity index (χ1v) is 8.35. The van der Waals surface area contributed by atoms with Crippen LogP contribution in [0.2, 0.25) is 0 Å². The predicted octanol–water partition coefficient (Wildman–Crippen LogP) is 0.284. The zero-order chi connectivity index (χ0) is 17.2. The van der Waals surface area contributed by atoms with Gasteiger partial charge in [-0.2, -0.15) is 0 Å². The smallest absolute Gasteiger partial charge is 0.243 e. The fourth-order valence-electron chi connectivity index (χ4n) is 2.30. The molecule has 2 N–H and O–H groups in total. The van der Waals surface area contributed by atoms with Crippen LogP contribution in [0.5, 0.6) is 0 Å². The molecule has 1 aliphatic heterocycles. The van der Waals surface area contributed by atoms with Crippen LogP contribution in [0.3, 0.4) is 0 Å². The van der Waals surface area contributed by atoms with Gasteiger partial charge in [0, 0.05) is 58.0 Å². The van der Waals surface area contributed by atoms with Crippen LogP contribution in [0.15, 0.2) is 29.4 Å². The number of aromatic nitrogens is 1. The molecule has 1 aromatic rings. The zero-order valence-electron chi connectivity index (χ0n) is 14.5. The van der Waals surface area contributed by atoms with Gasteiger partial charge in [-0.25, -0.2) is 4.99 Å². The lowest BCUT2D eigenvalue weighted by Crippen LogP contribution is -2.41. The third-order valence-electron chi connectivity index (χ3n) is 3.85. The summed E-state index contributed by atoms with van der Waals surface area (Å²) >= 11 is 0. The standard InChI is InChI=1S/C17H27N5O2/c1-22(2)16(23)12-21-17(20-11-14-7-10-24-13-14)19-9-6-15-5-3-4-8-18-15/h3-5,8,14H,6-7,9-13H2,1-2H3,(H2,19,20,21). The number of carbonyl (C=O) groups excluding carboxylic acids is 1. The normalized spacial score (nSPS) is 17.6. The number of nitrogens with one attached hydrogen (secondary N) is 2. The third-order valence-corrected chi connectivity index (χ3v) is 3.85. The van der Waals surface area contributed by atoms with Gasteiger partial charge in [0.1, 0.15) is 6.54 Å². The highest BCUT2D eigenvalue weighted by molar-refractivity contribution is 5.84. The van der Waals surface area contributed by atoms with Gasteiger partial charge in [0.2, 0.25) is 5.91 Å². The van der Waals surface area contributed by atoms with E-state index in [2.05, 4.69) is 20.6 Å². The lowest BCUT2D eigenvalue weighted by atomic mass is 10.1. The highest BCUT2D eigenvalue weighted by Gasteiger charge is 2.16. The number of hydrogen-bond acceptors (Lipinski definition) is 4. The summed E-state index contributed by atoms with van der Waals surface area (Å²) in [5.74, 6) is 1.13. The number of amides is 1. The minimum absolute atomic E-state index is 0.0231. The Labute approximate surface area is 143 Å². The monoisotopic (exact) mass is 333 g/mol. The van der Waals surface area contributed by atoms with Crippen molar-refractivity contribution in [1.29, 1.82) is 0 Å². The van der Waals surface area contributed by atoms with Crippen LogP contribution in [0.25, 0.3) is 0 Å². The van der Waals surface area contributed by atoms with Crippen LogP contribution in [0.1, 0.15) is 12.1 Å². The number of carbonyl (C=O) groups is 1. The van der Waals surface area contributed by atoms with E-state index in [1.165, 1.54) is 0 Å². The first-order valence-electron chi connectivity index (χ1n) is 8.35. The van der Waals surface area contributed by atoms with E-state index in [4.69, 9.17) is 4.74 Å². The Bertz CT molecular complexity index is 527. The summed E-state index contributed by atoms with van der Waals surface area (Å²) in [6.45, 7) is 3.24. The number of likely N-dealkylation sites (N-methyl/N-ethyl adjacent to an activating group) is 1. The molecule has 0 aliphatic carbocycles. The first-order chi connectivity index (χ1) is 11.6. The molecular weight excluding hydrogens is 306 g/mol. The molecule has 0 aromatic carbocycles. The van der Waals surface area contributed by atoms with E-state index in [9.17, 15) is 4.79 Å². The molecule has 1 fully saturated rings. The van der Waals surface area contributed by atoms with Crippen molar-refractivity contribution >= 4 is 11.9 Å². The Morgan fingerprint density at radius 1 is 1.42 bits per heavy atom. The Kier molecular flexibility index (Phi) is 7.48. The lowest BCUT2D eigenvalue weighted by molar-refractivity contribution is -0.127. The molecular formula is C17H27N5O2. The van der Waals surface area contributed by atoms with Gasteiger partial charge < -0.3 is 20.3 Å². The van der Waals surface area contributed by atoms with Crippen molar-refractivity contribution in [2.45, 2.75) is 12.8 Å².